The summed E-state index contributed by atoms with van der Waals surface area (Å²) in [4.78, 5) is 22.3. The zero-order valence-electron chi connectivity index (χ0n) is 6.10. The fraction of sp³-hybridized carbons (Fsp3) is 0.500. The average molecular weight is 182 g/mol. The number of carbonyl (C=O) groups excluding carboxylic acids is 2. The number of thioether (sulfide) groups is 1. The lowest BCUT2D eigenvalue weighted by molar-refractivity contribution is -0.153. The first-order chi connectivity index (χ1) is 5.77. The molecule has 0 aromatic heterocycles. The molecule has 12 heavy (non-hydrogen) atoms. The van der Waals surface area contributed by atoms with Gasteiger partial charge in [0.2, 0.25) is 0 Å². The molecule has 0 unspecified atom stereocenters. The molecule has 0 radical (unpaired) electrons. The average Bonchev–Trinajstić information content (AvgIpc) is 2.64. The van der Waals surface area contributed by atoms with Gasteiger partial charge in [0.1, 0.15) is 0 Å². The molecule has 2 bridgehead atoms. The van der Waals surface area contributed by atoms with Crippen molar-refractivity contribution < 1.29 is 14.3 Å². The van der Waals surface area contributed by atoms with E-state index in [0.717, 1.165) is 0 Å². The Hall–Kier alpha value is -0.770. The highest BCUT2D eigenvalue weighted by Gasteiger charge is 2.58. The Bertz CT molecular complexity index is 281. The molecule has 3 aliphatic rings. The number of cyclic esters (lactones) is 2. The Morgan fingerprint density at radius 1 is 1.08 bits per heavy atom. The minimum atomic E-state index is -0.325. The van der Waals surface area contributed by atoms with Gasteiger partial charge in [-0.15, -0.1) is 11.8 Å². The second kappa shape index (κ2) is 1.93. The van der Waals surface area contributed by atoms with Gasteiger partial charge >= 0.3 is 11.9 Å². The van der Waals surface area contributed by atoms with E-state index in [4.69, 9.17) is 0 Å². The van der Waals surface area contributed by atoms with Crippen LogP contribution in [0.5, 0.6) is 0 Å². The van der Waals surface area contributed by atoms with E-state index in [0.29, 0.717) is 0 Å². The Morgan fingerprint density at radius 2 is 1.58 bits per heavy atom. The summed E-state index contributed by atoms with van der Waals surface area (Å²) in [6, 6.07) is 0. The largest absolute Gasteiger partial charge is 0.393 e. The number of esters is 2. The molecule has 0 aliphatic carbocycles. The van der Waals surface area contributed by atoms with Gasteiger partial charge < -0.3 is 4.74 Å². The van der Waals surface area contributed by atoms with Crippen LogP contribution in [0.1, 0.15) is 0 Å². The van der Waals surface area contributed by atoms with Crippen molar-refractivity contribution in [3.8, 4) is 0 Å². The van der Waals surface area contributed by atoms with Gasteiger partial charge in [-0.2, -0.15) is 0 Å². The van der Waals surface area contributed by atoms with Crippen molar-refractivity contribution in [3.05, 3.63) is 12.2 Å². The summed E-state index contributed by atoms with van der Waals surface area (Å²) < 4.78 is 4.58. The topological polar surface area (TPSA) is 43.4 Å². The van der Waals surface area contributed by atoms with E-state index in [1.165, 1.54) is 0 Å². The first-order valence-corrected chi connectivity index (χ1v) is 4.81. The fourth-order valence-electron chi connectivity index (χ4n) is 2.11. The minimum Gasteiger partial charge on any atom is -0.393 e. The Labute approximate surface area is 73.1 Å². The zero-order chi connectivity index (χ0) is 8.29. The molecule has 3 rings (SSSR count). The quantitative estimate of drug-likeness (QED) is 0.308. The smallest absolute Gasteiger partial charge is 0.318 e. The Kier molecular flexibility index (Phi) is 1.08. The molecule has 2 fully saturated rings. The van der Waals surface area contributed by atoms with Crippen LogP contribution >= 0.6 is 11.8 Å². The van der Waals surface area contributed by atoms with Gasteiger partial charge in [0.15, 0.2) is 0 Å². The molecular weight excluding hydrogens is 176 g/mol. The predicted octanol–water partition coefficient (Wildman–Crippen LogP) is 0.356. The van der Waals surface area contributed by atoms with Crippen LogP contribution in [0.2, 0.25) is 0 Å². The van der Waals surface area contributed by atoms with E-state index in [1.807, 2.05) is 12.2 Å². The number of ether oxygens (including phenoxy) is 1. The van der Waals surface area contributed by atoms with E-state index in [1.54, 1.807) is 11.8 Å². The maximum Gasteiger partial charge on any atom is 0.318 e. The maximum absolute atomic E-state index is 11.2. The van der Waals surface area contributed by atoms with Crippen LogP contribution in [0.15, 0.2) is 12.2 Å². The highest BCUT2D eigenvalue weighted by Crippen LogP contribution is 2.52. The zero-order valence-corrected chi connectivity index (χ0v) is 6.91. The van der Waals surface area contributed by atoms with E-state index in [-0.39, 0.29) is 34.3 Å². The third kappa shape index (κ3) is 0.602. The van der Waals surface area contributed by atoms with E-state index < -0.39 is 0 Å². The molecular formula is C8H6O3S. The number of fused-ring (bicyclic) bond motifs is 5. The summed E-state index contributed by atoms with van der Waals surface area (Å²) in [5.41, 5.74) is 0. The molecule has 0 saturated carbocycles. The van der Waals surface area contributed by atoms with Gasteiger partial charge in [-0.25, -0.2) is 0 Å². The summed E-state index contributed by atoms with van der Waals surface area (Å²) in [5.74, 6) is -1.02. The first-order valence-electron chi connectivity index (χ1n) is 3.87. The van der Waals surface area contributed by atoms with Crippen molar-refractivity contribution in [2.24, 2.45) is 11.8 Å². The lowest BCUT2D eigenvalue weighted by Gasteiger charge is -2.10. The van der Waals surface area contributed by atoms with Gasteiger partial charge in [0, 0.05) is 10.5 Å². The van der Waals surface area contributed by atoms with Crippen molar-refractivity contribution >= 4 is 23.7 Å². The molecule has 4 atom stereocenters. The Balaban J connectivity index is 2.08. The van der Waals surface area contributed by atoms with Crippen molar-refractivity contribution in [2.45, 2.75) is 10.5 Å². The molecule has 2 saturated heterocycles. The summed E-state index contributed by atoms with van der Waals surface area (Å²) in [6.07, 6.45) is 4.02. The van der Waals surface area contributed by atoms with Crippen LogP contribution in [0, 0.1) is 11.8 Å². The predicted molar refractivity (Wildman–Crippen MR) is 42.4 cm³/mol. The van der Waals surface area contributed by atoms with Crippen LogP contribution in [0.3, 0.4) is 0 Å². The van der Waals surface area contributed by atoms with Crippen molar-refractivity contribution in [2.75, 3.05) is 0 Å². The lowest BCUT2D eigenvalue weighted by Crippen LogP contribution is -2.26. The van der Waals surface area contributed by atoms with Crippen LogP contribution < -0.4 is 0 Å². The number of carbonyl (C=O) groups is 2. The number of hydrogen-bond acceptors (Lipinski definition) is 4. The van der Waals surface area contributed by atoms with Gasteiger partial charge in [-0.05, 0) is 0 Å². The standard InChI is InChI=1S/C8H6O3S/c9-7-5-3-1-2-4(12-3)6(5)8(10)11-7/h1-6H/t3-,4+,5+,6-. The normalized spacial score (nSPS) is 48.3. The van der Waals surface area contributed by atoms with Gasteiger partial charge in [-0.1, -0.05) is 12.2 Å². The highest BCUT2D eigenvalue weighted by molar-refractivity contribution is 8.01. The lowest BCUT2D eigenvalue weighted by atomic mass is 9.85. The summed E-state index contributed by atoms with van der Waals surface area (Å²) in [7, 11) is 0. The van der Waals surface area contributed by atoms with E-state index in [9.17, 15) is 9.59 Å². The third-order valence-corrected chi connectivity index (χ3v) is 4.17. The molecule has 3 aliphatic heterocycles. The second-order valence-electron chi connectivity index (χ2n) is 3.24. The van der Waals surface area contributed by atoms with Crippen LogP contribution in [-0.4, -0.2) is 22.4 Å². The van der Waals surface area contributed by atoms with Crippen molar-refractivity contribution in [3.63, 3.8) is 0 Å². The van der Waals surface area contributed by atoms with E-state index in [2.05, 4.69) is 4.74 Å². The number of rotatable bonds is 0. The monoisotopic (exact) mass is 182 g/mol. The Morgan fingerprint density at radius 3 is 2.08 bits per heavy atom. The highest BCUT2D eigenvalue weighted by atomic mass is 32.2. The molecule has 0 spiro atoms. The molecule has 0 aromatic carbocycles. The van der Waals surface area contributed by atoms with Crippen LogP contribution in [-0.2, 0) is 14.3 Å². The molecule has 0 aromatic rings. The summed E-state index contributed by atoms with van der Waals surface area (Å²) in [6.45, 7) is 0. The molecule has 62 valence electrons. The van der Waals surface area contributed by atoms with Crippen molar-refractivity contribution in [1.82, 2.24) is 0 Å². The van der Waals surface area contributed by atoms with Crippen LogP contribution in [0.25, 0.3) is 0 Å². The SMILES string of the molecule is O=C1OC(=O)[C@H]2[C@@H]1[C@H]1C=C[C@@H]2S1. The summed E-state index contributed by atoms with van der Waals surface area (Å²) in [5, 5.41) is 0.387. The molecule has 3 heterocycles. The second-order valence-corrected chi connectivity index (χ2v) is 4.60. The van der Waals surface area contributed by atoms with Crippen LogP contribution in [0.4, 0.5) is 0 Å². The fourth-order valence-corrected chi connectivity index (χ4v) is 3.73. The summed E-state index contributed by atoms with van der Waals surface area (Å²) >= 11 is 1.70. The number of hydrogen-bond donors (Lipinski definition) is 0. The molecule has 4 heteroatoms. The van der Waals surface area contributed by atoms with Gasteiger partial charge in [0.25, 0.3) is 0 Å². The minimum absolute atomic E-state index is 0.183. The van der Waals surface area contributed by atoms with Gasteiger partial charge in [-0.3, -0.25) is 9.59 Å². The van der Waals surface area contributed by atoms with E-state index >= 15 is 0 Å². The molecule has 3 nitrogen and oxygen atoms in total. The maximum atomic E-state index is 11.2. The van der Waals surface area contributed by atoms with Crippen molar-refractivity contribution in [1.29, 1.82) is 0 Å². The first kappa shape index (κ1) is 6.71. The molecule has 0 N–H and O–H groups in total. The molecule has 0 amide bonds. The third-order valence-electron chi connectivity index (χ3n) is 2.65. The van der Waals surface area contributed by atoms with Gasteiger partial charge in [0.05, 0.1) is 11.8 Å².